The Morgan fingerprint density at radius 1 is 1.03 bits per heavy atom. The van der Waals surface area contributed by atoms with Crippen LogP contribution in [0.3, 0.4) is 0 Å². The molecule has 3 aromatic carbocycles. The van der Waals surface area contributed by atoms with E-state index < -0.39 is 11.7 Å². The highest BCUT2D eigenvalue weighted by molar-refractivity contribution is 6.02. The van der Waals surface area contributed by atoms with Gasteiger partial charge in [-0.15, -0.1) is 0 Å². The van der Waals surface area contributed by atoms with Crippen LogP contribution in [0.2, 0.25) is 0 Å². The molecule has 0 fully saturated rings. The lowest BCUT2D eigenvalue weighted by Gasteiger charge is -2.31. The van der Waals surface area contributed by atoms with Gasteiger partial charge in [0.15, 0.2) is 0 Å². The van der Waals surface area contributed by atoms with E-state index in [9.17, 15) is 28.3 Å². The number of hydrogen-bond acceptors (Lipinski definition) is 4. The maximum atomic E-state index is 13.3. The molecule has 2 N–H and O–H groups in total. The van der Waals surface area contributed by atoms with Crippen LogP contribution in [0.25, 0.3) is 5.57 Å². The Morgan fingerprint density at radius 3 is 2.47 bits per heavy atom. The molecule has 0 bridgehead atoms. The van der Waals surface area contributed by atoms with Crippen LogP contribution < -0.4 is 5.32 Å². The molecule has 5 nitrogen and oxygen atoms in total. The molecule has 0 spiro atoms. The molecule has 8 heteroatoms. The predicted octanol–water partition coefficient (Wildman–Crippen LogP) is 5.26. The van der Waals surface area contributed by atoms with Crippen molar-refractivity contribution in [3.8, 4) is 11.8 Å². The lowest BCUT2D eigenvalue weighted by atomic mass is 9.92. The smallest absolute Gasteiger partial charge is 0.416 e. The molecule has 0 saturated carbocycles. The lowest BCUT2D eigenvalue weighted by Crippen LogP contribution is -2.37. The second-order valence-corrected chi connectivity index (χ2v) is 8.66. The number of halogens is 3. The fourth-order valence-corrected chi connectivity index (χ4v) is 4.27. The Morgan fingerprint density at radius 2 is 1.78 bits per heavy atom. The molecule has 0 saturated heterocycles. The highest BCUT2D eigenvalue weighted by Gasteiger charge is 2.30. The van der Waals surface area contributed by atoms with Crippen LogP contribution in [0.5, 0.6) is 5.75 Å². The van der Waals surface area contributed by atoms with Gasteiger partial charge in [-0.1, -0.05) is 36.4 Å². The first-order valence-electron chi connectivity index (χ1n) is 11.4. The van der Waals surface area contributed by atoms with Gasteiger partial charge >= 0.3 is 6.18 Å². The van der Waals surface area contributed by atoms with Crippen molar-refractivity contribution in [1.82, 2.24) is 10.2 Å². The molecule has 0 aliphatic carbocycles. The maximum absolute atomic E-state index is 13.3. The van der Waals surface area contributed by atoms with Crippen LogP contribution in [0.15, 0.2) is 78.4 Å². The normalized spacial score (nSPS) is 14.4. The minimum Gasteiger partial charge on any atom is -0.508 e. The number of aromatic hydroxyl groups is 1. The third-order valence-electron chi connectivity index (χ3n) is 6.09. The largest absolute Gasteiger partial charge is 0.508 e. The lowest BCUT2D eigenvalue weighted by molar-refractivity contribution is -0.137. The van der Waals surface area contributed by atoms with Crippen molar-refractivity contribution in [3.05, 3.63) is 106 Å². The summed E-state index contributed by atoms with van der Waals surface area (Å²) in [7, 11) is 0. The number of nitriles is 1. The van der Waals surface area contributed by atoms with Crippen LogP contribution in [0.4, 0.5) is 13.2 Å². The molecule has 4 rings (SSSR count). The zero-order valence-corrected chi connectivity index (χ0v) is 19.3. The highest BCUT2D eigenvalue weighted by Crippen LogP contribution is 2.31. The van der Waals surface area contributed by atoms with E-state index in [1.54, 1.807) is 24.3 Å². The second kappa shape index (κ2) is 10.7. The molecule has 0 unspecified atom stereocenters. The van der Waals surface area contributed by atoms with Gasteiger partial charge in [0.05, 0.1) is 17.2 Å². The Hall–Kier alpha value is -4.09. The highest BCUT2D eigenvalue weighted by atomic mass is 19.4. The number of alkyl halides is 3. The number of nitrogens with zero attached hydrogens (tertiary/aromatic N) is 2. The summed E-state index contributed by atoms with van der Waals surface area (Å²) < 4.78 is 38.5. The first-order valence-corrected chi connectivity index (χ1v) is 11.4. The Bertz CT molecular complexity index is 1320. The van der Waals surface area contributed by atoms with Gasteiger partial charge in [-0.2, -0.15) is 18.4 Å². The van der Waals surface area contributed by atoms with E-state index in [1.807, 2.05) is 24.3 Å². The number of phenols is 1. The van der Waals surface area contributed by atoms with Crippen LogP contribution in [0.1, 0.15) is 34.2 Å². The van der Waals surface area contributed by atoms with Crippen LogP contribution in [-0.2, 0) is 24.1 Å². The molecular formula is C28H24F3N3O2. The number of carbonyl (C=O) groups excluding carboxylic acids is 1. The topological polar surface area (TPSA) is 76.4 Å². The van der Waals surface area contributed by atoms with E-state index in [2.05, 4.69) is 16.3 Å². The number of phenolic OH excluding ortho intramolecular Hbond substituents is 1. The van der Waals surface area contributed by atoms with E-state index in [4.69, 9.17) is 0 Å². The Balaban J connectivity index is 1.54. The first-order chi connectivity index (χ1) is 17.2. The SMILES string of the molecule is N#Cc1cccc(CN2CCC(c3cccc(O)c3)=C(C(=O)NCc3ccc(C(F)(F)F)cc3)C2)c1. The van der Waals surface area contributed by atoms with Gasteiger partial charge in [0.2, 0.25) is 5.91 Å². The van der Waals surface area contributed by atoms with E-state index in [1.165, 1.54) is 12.1 Å². The Labute approximate surface area is 207 Å². The van der Waals surface area contributed by atoms with Crippen molar-refractivity contribution < 1.29 is 23.1 Å². The van der Waals surface area contributed by atoms with Gasteiger partial charge in [0, 0.05) is 31.8 Å². The minimum atomic E-state index is -4.42. The van der Waals surface area contributed by atoms with Gasteiger partial charge in [-0.05, 0) is 65.1 Å². The number of rotatable bonds is 6. The van der Waals surface area contributed by atoms with E-state index in [0.717, 1.165) is 28.8 Å². The third-order valence-corrected chi connectivity index (χ3v) is 6.09. The van der Waals surface area contributed by atoms with Crippen molar-refractivity contribution in [2.75, 3.05) is 13.1 Å². The number of carbonyl (C=O) groups is 1. The average molecular weight is 492 g/mol. The quantitative estimate of drug-likeness (QED) is 0.493. The molecule has 1 aliphatic heterocycles. The molecular weight excluding hydrogens is 467 g/mol. The van der Waals surface area contributed by atoms with Crippen molar-refractivity contribution in [2.24, 2.45) is 0 Å². The van der Waals surface area contributed by atoms with Gasteiger partial charge < -0.3 is 10.4 Å². The van der Waals surface area contributed by atoms with E-state index in [-0.39, 0.29) is 18.2 Å². The molecule has 1 heterocycles. The van der Waals surface area contributed by atoms with Crippen LogP contribution in [-0.4, -0.2) is 29.0 Å². The van der Waals surface area contributed by atoms with Crippen molar-refractivity contribution in [1.29, 1.82) is 5.26 Å². The molecule has 1 amide bonds. The first kappa shape index (κ1) is 25.0. The summed E-state index contributed by atoms with van der Waals surface area (Å²) in [5, 5.41) is 22.0. The minimum absolute atomic E-state index is 0.0814. The maximum Gasteiger partial charge on any atom is 0.416 e. The predicted molar refractivity (Wildman–Crippen MR) is 129 cm³/mol. The standard InChI is InChI=1S/C28H24F3N3O2/c29-28(30,31)23-9-7-19(8-10-23)16-33-27(36)26-18-34(17-21-4-1-3-20(13-21)15-32)12-11-25(26)22-5-2-6-24(35)14-22/h1-10,13-14,35H,11-12,16-18H2,(H,33,36). The van der Waals surface area contributed by atoms with Gasteiger partial charge in [-0.3, -0.25) is 9.69 Å². The zero-order chi connectivity index (χ0) is 25.7. The van der Waals surface area contributed by atoms with Crippen LogP contribution in [0, 0.1) is 11.3 Å². The third kappa shape index (κ3) is 6.12. The van der Waals surface area contributed by atoms with Gasteiger partial charge in [0.1, 0.15) is 5.75 Å². The summed E-state index contributed by atoms with van der Waals surface area (Å²) in [5.41, 5.74) is 3.44. The molecule has 0 aromatic heterocycles. The summed E-state index contributed by atoms with van der Waals surface area (Å²) in [6.07, 6.45) is -3.84. The van der Waals surface area contributed by atoms with Crippen molar-refractivity contribution >= 4 is 11.5 Å². The monoisotopic (exact) mass is 491 g/mol. The Kier molecular flexibility index (Phi) is 7.41. The average Bonchev–Trinajstić information content (AvgIpc) is 2.87. The molecule has 1 aliphatic rings. The number of hydrogen-bond donors (Lipinski definition) is 2. The van der Waals surface area contributed by atoms with Crippen molar-refractivity contribution in [3.63, 3.8) is 0 Å². The number of amides is 1. The zero-order valence-electron chi connectivity index (χ0n) is 19.3. The fourth-order valence-electron chi connectivity index (χ4n) is 4.27. The second-order valence-electron chi connectivity index (χ2n) is 8.66. The number of nitrogens with one attached hydrogen (secondary N) is 1. The van der Waals surface area contributed by atoms with E-state index >= 15 is 0 Å². The summed E-state index contributed by atoms with van der Waals surface area (Å²) in [5.74, 6) is -0.219. The summed E-state index contributed by atoms with van der Waals surface area (Å²) in [6.45, 7) is 1.66. The summed E-state index contributed by atoms with van der Waals surface area (Å²) >= 11 is 0. The van der Waals surface area contributed by atoms with Crippen molar-refractivity contribution in [2.45, 2.75) is 25.7 Å². The molecule has 184 valence electrons. The summed E-state index contributed by atoms with van der Waals surface area (Å²) in [4.78, 5) is 15.4. The number of benzene rings is 3. The van der Waals surface area contributed by atoms with Gasteiger partial charge in [0.25, 0.3) is 0 Å². The van der Waals surface area contributed by atoms with E-state index in [0.29, 0.717) is 42.8 Å². The van der Waals surface area contributed by atoms with Crippen LogP contribution >= 0.6 is 0 Å². The molecule has 0 radical (unpaired) electrons. The fraction of sp³-hybridized carbons (Fsp3) is 0.214. The molecule has 36 heavy (non-hydrogen) atoms. The van der Waals surface area contributed by atoms with Gasteiger partial charge in [-0.25, -0.2) is 0 Å². The molecule has 3 aromatic rings. The molecule has 0 atom stereocenters. The summed E-state index contributed by atoms with van der Waals surface area (Å²) in [6, 6.07) is 20.9.